The van der Waals surface area contributed by atoms with Gasteiger partial charge in [0.1, 0.15) is 0 Å². The van der Waals surface area contributed by atoms with Gasteiger partial charge in [-0.25, -0.2) is 8.42 Å². The van der Waals surface area contributed by atoms with Gasteiger partial charge in [0, 0.05) is 29.6 Å². The fourth-order valence-electron chi connectivity index (χ4n) is 2.79. The molecule has 172 valence electrons. The first kappa shape index (κ1) is 23.7. The van der Waals surface area contributed by atoms with Crippen molar-refractivity contribution in [3.05, 3.63) is 78.0 Å². The number of hydrogen-bond acceptors (Lipinski definition) is 8. The Morgan fingerprint density at radius 2 is 1.70 bits per heavy atom. The molecule has 0 fully saturated rings. The standard InChI is InChI=1S/C23H24N4O5S/c1-4-16-5-7-17(8-6-16)20(28)13-14-24-18-9-11-19(12-10-18)33(29,30)27-21-15-22(31-2)26-23(25-21)32-3/h5-15,24H,4H2,1-3H3,(H,25,26,27)/b14-13+. The number of ketones is 1. The molecule has 0 amide bonds. The maximum atomic E-state index is 12.7. The molecule has 2 aromatic carbocycles. The number of methoxy groups -OCH3 is 2. The summed E-state index contributed by atoms with van der Waals surface area (Å²) < 4.78 is 37.7. The van der Waals surface area contributed by atoms with Crippen LogP contribution in [0, 0.1) is 0 Å². The van der Waals surface area contributed by atoms with Crippen molar-refractivity contribution >= 4 is 27.3 Å². The van der Waals surface area contributed by atoms with Gasteiger partial charge in [0.2, 0.25) is 5.88 Å². The van der Waals surface area contributed by atoms with E-state index in [-0.39, 0.29) is 28.4 Å². The number of aryl methyl sites for hydroxylation is 1. The molecule has 0 saturated carbocycles. The van der Waals surface area contributed by atoms with Gasteiger partial charge < -0.3 is 14.8 Å². The second kappa shape index (κ2) is 10.6. The first-order valence-corrected chi connectivity index (χ1v) is 11.5. The van der Waals surface area contributed by atoms with Crippen LogP contribution in [0.15, 0.2) is 71.8 Å². The largest absolute Gasteiger partial charge is 0.481 e. The first-order valence-electron chi connectivity index (χ1n) is 10.0. The summed E-state index contributed by atoms with van der Waals surface area (Å²) in [4.78, 5) is 20.2. The predicted octanol–water partition coefficient (Wildman–Crippen LogP) is 3.67. The van der Waals surface area contributed by atoms with E-state index >= 15 is 0 Å². The number of rotatable bonds is 10. The SMILES string of the molecule is CCc1ccc(C(=O)/C=C/Nc2ccc(S(=O)(=O)Nc3cc(OC)nc(OC)n3)cc2)cc1. The van der Waals surface area contributed by atoms with Crippen molar-refractivity contribution in [2.45, 2.75) is 18.2 Å². The third kappa shape index (κ3) is 6.30. The molecule has 0 bridgehead atoms. The molecule has 0 aliphatic heterocycles. The van der Waals surface area contributed by atoms with Gasteiger partial charge in [-0.05, 0) is 36.2 Å². The molecule has 9 nitrogen and oxygen atoms in total. The number of carbonyl (C=O) groups is 1. The number of hydrogen-bond donors (Lipinski definition) is 2. The molecule has 0 aliphatic carbocycles. The fraction of sp³-hybridized carbons (Fsp3) is 0.174. The van der Waals surface area contributed by atoms with Crippen LogP contribution in [0.4, 0.5) is 11.5 Å². The van der Waals surface area contributed by atoms with Crippen LogP contribution in [-0.4, -0.2) is 38.4 Å². The number of allylic oxidation sites excluding steroid dienone is 1. The van der Waals surface area contributed by atoms with Crippen LogP contribution >= 0.6 is 0 Å². The summed E-state index contributed by atoms with van der Waals surface area (Å²) in [6, 6.07) is 14.8. The number of nitrogens with zero attached hydrogens (tertiary/aromatic N) is 2. The highest BCUT2D eigenvalue weighted by Crippen LogP contribution is 2.21. The quantitative estimate of drug-likeness (QED) is 0.342. The van der Waals surface area contributed by atoms with E-state index in [1.807, 2.05) is 12.1 Å². The van der Waals surface area contributed by atoms with Crippen LogP contribution in [0.5, 0.6) is 11.9 Å². The number of ether oxygens (including phenoxy) is 2. The Morgan fingerprint density at radius 3 is 2.30 bits per heavy atom. The van der Waals surface area contributed by atoms with E-state index in [4.69, 9.17) is 9.47 Å². The Balaban J connectivity index is 1.65. The second-order valence-corrected chi connectivity index (χ2v) is 8.49. The highest BCUT2D eigenvalue weighted by molar-refractivity contribution is 7.92. The van der Waals surface area contributed by atoms with Crippen LogP contribution in [0.3, 0.4) is 0 Å². The average molecular weight is 469 g/mol. The highest BCUT2D eigenvalue weighted by Gasteiger charge is 2.16. The van der Waals surface area contributed by atoms with Gasteiger partial charge in [0.15, 0.2) is 11.6 Å². The van der Waals surface area contributed by atoms with Crippen LogP contribution in [0.2, 0.25) is 0 Å². The van der Waals surface area contributed by atoms with Gasteiger partial charge in [-0.2, -0.15) is 9.97 Å². The van der Waals surface area contributed by atoms with Crippen LogP contribution in [-0.2, 0) is 16.4 Å². The van der Waals surface area contributed by atoms with E-state index in [0.717, 1.165) is 12.0 Å². The summed E-state index contributed by atoms with van der Waals surface area (Å²) in [5.74, 6) is 0.0281. The second-order valence-electron chi connectivity index (χ2n) is 6.80. The number of sulfonamides is 1. The number of carbonyl (C=O) groups excluding carboxylic acids is 1. The Kier molecular flexibility index (Phi) is 7.62. The number of nitrogens with one attached hydrogen (secondary N) is 2. The van der Waals surface area contributed by atoms with Crippen LogP contribution in [0.1, 0.15) is 22.8 Å². The van der Waals surface area contributed by atoms with Gasteiger partial charge in [0.25, 0.3) is 10.0 Å². The van der Waals surface area contributed by atoms with Crippen molar-refractivity contribution in [1.82, 2.24) is 9.97 Å². The predicted molar refractivity (Wildman–Crippen MR) is 125 cm³/mol. The Labute approximate surface area is 192 Å². The summed E-state index contributed by atoms with van der Waals surface area (Å²) in [6.45, 7) is 2.05. The maximum Gasteiger partial charge on any atom is 0.321 e. The topological polar surface area (TPSA) is 120 Å². The lowest BCUT2D eigenvalue weighted by Crippen LogP contribution is -2.14. The van der Waals surface area contributed by atoms with E-state index in [2.05, 4.69) is 26.9 Å². The Bertz CT molecular complexity index is 1220. The van der Waals surface area contributed by atoms with Gasteiger partial charge in [-0.3, -0.25) is 9.52 Å². The lowest BCUT2D eigenvalue weighted by Gasteiger charge is -2.10. The molecular weight excluding hydrogens is 444 g/mol. The fourth-order valence-corrected chi connectivity index (χ4v) is 3.79. The average Bonchev–Trinajstić information content (AvgIpc) is 2.83. The number of aromatic nitrogens is 2. The van der Waals surface area contributed by atoms with Crippen molar-refractivity contribution in [2.24, 2.45) is 0 Å². The lowest BCUT2D eigenvalue weighted by molar-refractivity contribution is 0.104. The van der Waals surface area contributed by atoms with Gasteiger partial charge in [0.05, 0.1) is 19.1 Å². The molecule has 33 heavy (non-hydrogen) atoms. The van der Waals surface area contributed by atoms with E-state index in [1.165, 1.54) is 44.7 Å². The monoisotopic (exact) mass is 468 g/mol. The third-order valence-corrected chi connectivity index (χ3v) is 5.98. The summed E-state index contributed by atoms with van der Waals surface area (Å²) >= 11 is 0. The van der Waals surface area contributed by atoms with Crippen molar-refractivity contribution < 1.29 is 22.7 Å². The lowest BCUT2D eigenvalue weighted by atomic mass is 10.1. The molecule has 10 heteroatoms. The minimum atomic E-state index is -3.91. The van der Waals surface area contributed by atoms with E-state index in [0.29, 0.717) is 11.3 Å². The van der Waals surface area contributed by atoms with Crippen molar-refractivity contribution in [3.63, 3.8) is 0 Å². The summed E-state index contributed by atoms with van der Waals surface area (Å²) in [5.41, 5.74) is 2.37. The molecule has 0 radical (unpaired) electrons. The van der Waals surface area contributed by atoms with Gasteiger partial charge in [-0.1, -0.05) is 31.2 Å². The molecule has 0 spiro atoms. The normalized spacial score (nSPS) is 11.2. The van der Waals surface area contributed by atoms with Crippen molar-refractivity contribution in [1.29, 1.82) is 0 Å². The highest BCUT2D eigenvalue weighted by atomic mass is 32.2. The zero-order valence-corrected chi connectivity index (χ0v) is 19.2. The Morgan fingerprint density at radius 1 is 1.00 bits per heavy atom. The third-order valence-electron chi connectivity index (χ3n) is 4.61. The molecular formula is C23H24N4O5S. The van der Waals surface area contributed by atoms with Crippen molar-refractivity contribution in [2.75, 3.05) is 24.3 Å². The zero-order chi connectivity index (χ0) is 23.8. The zero-order valence-electron chi connectivity index (χ0n) is 18.4. The molecule has 3 rings (SSSR count). The Hall–Kier alpha value is -3.92. The molecule has 0 atom stereocenters. The smallest absolute Gasteiger partial charge is 0.321 e. The van der Waals surface area contributed by atoms with Gasteiger partial charge >= 0.3 is 6.01 Å². The van der Waals surface area contributed by atoms with Crippen LogP contribution in [0.25, 0.3) is 0 Å². The molecule has 3 aromatic rings. The summed E-state index contributed by atoms with van der Waals surface area (Å²) in [6.07, 6.45) is 3.84. The molecule has 0 aliphatic rings. The molecule has 2 N–H and O–H groups in total. The molecule has 0 unspecified atom stereocenters. The minimum Gasteiger partial charge on any atom is -0.481 e. The van der Waals surface area contributed by atoms with Crippen LogP contribution < -0.4 is 19.5 Å². The molecule has 1 aromatic heterocycles. The van der Waals surface area contributed by atoms with Crippen molar-refractivity contribution in [3.8, 4) is 11.9 Å². The van der Waals surface area contributed by atoms with E-state index < -0.39 is 10.0 Å². The van der Waals surface area contributed by atoms with E-state index in [1.54, 1.807) is 24.3 Å². The minimum absolute atomic E-state index is 0.00863. The maximum absolute atomic E-state index is 12.7. The van der Waals surface area contributed by atoms with Gasteiger partial charge in [-0.15, -0.1) is 0 Å². The first-order chi connectivity index (χ1) is 15.8. The number of anilines is 2. The summed E-state index contributed by atoms with van der Waals surface area (Å²) in [5, 5.41) is 2.96. The number of benzene rings is 2. The molecule has 0 saturated heterocycles. The summed E-state index contributed by atoms with van der Waals surface area (Å²) in [7, 11) is -1.14. The molecule has 1 heterocycles. The van der Waals surface area contributed by atoms with E-state index in [9.17, 15) is 13.2 Å².